The van der Waals surface area contributed by atoms with Crippen LogP contribution < -0.4 is 0 Å². The molecule has 3 aromatic rings. The minimum atomic E-state index is 0.0587. The molecule has 0 atom stereocenters. The number of ketones is 1. The third-order valence-electron chi connectivity index (χ3n) is 3.87. The Kier molecular flexibility index (Phi) is 3.57. The number of fused-ring (bicyclic) bond motifs is 1. The number of rotatable bonds is 4. The van der Waals surface area contributed by atoms with Crippen LogP contribution in [0.1, 0.15) is 35.0 Å². The molecule has 0 bridgehead atoms. The third kappa shape index (κ3) is 2.25. The van der Waals surface area contributed by atoms with Gasteiger partial charge < -0.3 is 4.57 Å². The summed E-state index contributed by atoms with van der Waals surface area (Å²) in [6, 6.07) is 11.7. The molecule has 2 aromatic heterocycles. The molecule has 0 N–H and O–H groups in total. The molecule has 0 spiro atoms. The molecule has 0 unspecified atom stereocenters. The molecule has 106 valence electrons. The summed E-state index contributed by atoms with van der Waals surface area (Å²) < 4.78 is 2.14. The molecule has 0 saturated heterocycles. The molecule has 0 saturated carbocycles. The molecular formula is C18H18N2O. The molecule has 1 aromatic carbocycles. The average molecular weight is 278 g/mol. The summed E-state index contributed by atoms with van der Waals surface area (Å²) in [7, 11) is 2.04. The van der Waals surface area contributed by atoms with Crippen molar-refractivity contribution >= 4 is 16.7 Å². The van der Waals surface area contributed by atoms with E-state index in [-0.39, 0.29) is 5.78 Å². The minimum Gasteiger partial charge on any atom is -0.347 e. The standard InChI is InChI=1S/C18H18N2O/c1-3-7-16-17(18(21)13-8-6-11-19-12-13)14-9-4-5-10-15(14)20(16)2/h4-6,8-12H,3,7H2,1-2H3. The topological polar surface area (TPSA) is 34.9 Å². The molecular weight excluding hydrogens is 260 g/mol. The average Bonchev–Trinajstić information content (AvgIpc) is 2.81. The van der Waals surface area contributed by atoms with Gasteiger partial charge in [-0.3, -0.25) is 9.78 Å². The van der Waals surface area contributed by atoms with Crippen LogP contribution in [-0.2, 0) is 13.5 Å². The van der Waals surface area contributed by atoms with E-state index in [4.69, 9.17) is 0 Å². The second-order valence-electron chi connectivity index (χ2n) is 5.22. The van der Waals surface area contributed by atoms with E-state index in [1.54, 1.807) is 18.5 Å². The van der Waals surface area contributed by atoms with Crippen molar-refractivity contribution in [1.82, 2.24) is 9.55 Å². The normalized spacial score (nSPS) is 11.0. The number of hydrogen-bond donors (Lipinski definition) is 0. The van der Waals surface area contributed by atoms with Crippen LogP contribution in [0.3, 0.4) is 0 Å². The zero-order valence-corrected chi connectivity index (χ0v) is 12.3. The van der Waals surface area contributed by atoms with Crippen molar-refractivity contribution in [3.05, 3.63) is 65.6 Å². The maximum atomic E-state index is 12.9. The first-order chi connectivity index (χ1) is 10.2. The summed E-state index contributed by atoms with van der Waals surface area (Å²) in [6.07, 6.45) is 5.23. The number of pyridine rings is 1. The van der Waals surface area contributed by atoms with Gasteiger partial charge >= 0.3 is 0 Å². The van der Waals surface area contributed by atoms with Crippen molar-refractivity contribution in [2.24, 2.45) is 7.05 Å². The fourth-order valence-electron chi connectivity index (χ4n) is 2.87. The Labute approximate surface area is 124 Å². The number of aryl methyl sites for hydroxylation is 1. The predicted octanol–water partition coefficient (Wildman–Crippen LogP) is 3.76. The summed E-state index contributed by atoms with van der Waals surface area (Å²) in [5.74, 6) is 0.0587. The fraction of sp³-hybridized carbons (Fsp3) is 0.222. The SMILES string of the molecule is CCCc1c(C(=O)c2cccnc2)c2ccccc2n1C. The van der Waals surface area contributed by atoms with E-state index in [0.717, 1.165) is 35.0 Å². The molecule has 3 heteroatoms. The monoisotopic (exact) mass is 278 g/mol. The van der Waals surface area contributed by atoms with Gasteiger partial charge in [0, 0.05) is 41.6 Å². The number of hydrogen-bond acceptors (Lipinski definition) is 2. The summed E-state index contributed by atoms with van der Waals surface area (Å²) in [4.78, 5) is 17.0. The van der Waals surface area contributed by atoms with E-state index < -0.39 is 0 Å². The maximum Gasteiger partial charge on any atom is 0.197 e. The highest BCUT2D eigenvalue weighted by Gasteiger charge is 2.21. The van der Waals surface area contributed by atoms with Crippen LogP contribution in [0.25, 0.3) is 10.9 Å². The zero-order chi connectivity index (χ0) is 14.8. The first-order valence-electron chi connectivity index (χ1n) is 7.25. The number of nitrogens with zero attached hydrogens (tertiary/aromatic N) is 2. The van der Waals surface area contributed by atoms with Gasteiger partial charge in [-0.1, -0.05) is 31.5 Å². The van der Waals surface area contributed by atoms with E-state index in [9.17, 15) is 4.79 Å². The third-order valence-corrected chi connectivity index (χ3v) is 3.87. The highest BCUT2D eigenvalue weighted by molar-refractivity contribution is 6.17. The first kappa shape index (κ1) is 13.6. The minimum absolute atomic E-state index is 0.0587. The van der Waals surface area contributed by atoms with E-state index >= 15 is 0 Å². The Morgan fingerprint density at radius 3 is 2.71 bits per heavy atom. The lowest BCUT2D eigenvalue weighted by atomic mass is 10.00. The van der Waals surface area contributed by atoms with Crippen molar-refractivity contribution in [2.75, 3.05) is 0 Å². The maximum absolute atomic E-state index is 12.9. The highest BCUT2D eigenvalue weighted by Crippen LogP contribution is 2.28. The van der Waals surface area contributed by atoms with Crippen LogP contribution in [0, 0.1) is 0 Å². The Morgan fingerprint density at radius 1 is 1.19 bits per heavy atom. The zero-order valence-electron chi connectivity index (χ0n) is 12.3. The number of para-hydroxylation sites is 1. The Balaban J connectivity index is 2.25. The Bertz CT molecular complexity index is 788. The van der Waals surface area contributed by atoms with Gasteiger partial charge in [0.15, 0.2) is 5.78 Å². The molecule has 2 heterocycles. The lowest BCUT2D eigenvalue weighted by Gasteiger charge is -2.06. The summed E-state index contributed by atoms with van der Waals surface area (Å²) in [5.41, 5.74) is 3.68. The van der Waals surface area contributed by atoms with Crippen LogP contribution in [0.4, 0.5) is 0 Å². The summed E-state index contributed by atoms with van der Waals surface area (Å²) >= 11 is 0. The Morgan fingerprint density at radius 2 is 2.00 bits per heavy atom. The molecule has 3 nitrogen and oxygen atoms in total. The number of carbonyl (C=O) groups is 1. The summed E-state index contributed by atoms with van der Waals surface area (Å²) in [5, 5.41) is 1.03. The van der Waals surface area contributed by atoms with Gasteiger partial charge in [0.25, 0.3) is 0 Å². The smallest absolute Gasteiger partial charge is 0.197 e. The predicted molar refractivity (Wildman–Crippen MR) is 84.6 cm³/mol. The lowest BCUT2D eigenvalue weighted by molar-refractivity contribution is 0.103. The van der Waals surface area contributed by atoms with E-state index in [2.05, 4.69) is 22.5 Å². The van der Waals surface area contributed by atoms with Crippen molar-refractivity contribution in [1.29, 1.82) is 0 Å². The van der Waals surface area contributed by atoms with Gasteiger partial charge in [-0.15, -0.1) is 0 Å². The van der Waals surface area contributed by atoms with Crippen molar-refractivity contribution in [2.45, 2.75) is 19.8 Å². The highest BCUT2D eigenvalue weighted by atomic mass is 16.1. The largest absolute Gasteiger partial charge is 0.347 e. The van der Waals surface area contributed by atoms with Gasteiger partial charge in [0.2, 0.25) is 0 Å². The second kappa shape index (κ2) is 5.52. The summed E-state index contributed by atoms with van der Waals surface area (Å²) in [6.45, 7) is 2.13. The van der Waals surface area contributed by atoms with Crippen molar-refractivity contribution in [3.8, 4) is 0 Å². The molecule has 0 amide bonds. The quantitative estimate of drug-likeness (QED) is 0.681. The van der Waals surface area contributed by atoms with Crippen LogP contribution >= 0.6 is 0 Å². The number of benzene rings is 1. The van der Waals surface area contributed by atoms with Gasteiger partial charge in [-0.2, -0.15) is 0 Å². The number of aromatic nitrogens is 2. The Hall–Kier alpha value is -2.42. The first-order valence-corrected chi connectivity index (χ1v) is 7.25. The van der Waals surface area contributed by atoms with Crippen molar-refractivity contribution < 1.29 is 4.79 Å². The van der Waals surface area contributed by atoms with Gasteiger partial charge in [0.05, 0.1) is 5.56 Å². The van der Waals surface area contributed by atoms with Crippen LogP contribution in [0.5, 0.6) is 0 Å². The molecule has 0 fully saturated rings. The number of carbonyl (C=O) groups excluding carboxylic acids is 1. The molecule has 3 rings (SSSR count). The van der Waals surface area contributed by atoms with Gasteiger partial charge in [-0.25, -0.2) is 0 Å². The van der Waals surface area contributed by atoms with E-state index in [1.165, 1.54) is 0 Å². The molecule has 0 radical (unpaired) electrons. The fourth-order valence-corrected chi connectivity index (χ4v) is 2.87. The van der Waals surface area contributed by atoms with Crippen LogP contribution in [0.2, 0.25) is 0 Å². The second-order valence-corrected chi connectivity index (χ2v) is 5.22. The molecule has 0 aliphatic heterocycles. The van der Waals surface area contributed by atoms with E-state index in [1.807, 2.05) is 31.3 Å². The van der Waals surface area contributed by atoms with Gasteiger partial charge in [0.1, 0.15) is 0 Å². The lowest BCUT2D eigenvalue weighted by Crippen LogP contribution is -2.07. The van der Waals surface area contributed by atoms with Crippen LogP contribution in [-0.4, -0.2) is 15.3 Å². The van der Waals surface area contributed by atoms with E-state index in [0.29, 0.717) is 5.56 Å². The van der Waals surface area contributed by atoms with Gasteiger partial charge in [-0.05, 0) is 24.6 Å². The molecule has 0 aliphatic carbocycles. The van der Waals surface area contributed by atoms with Crippen LogP contribution in [0.15, 0.2) is 48.8 Å². The molecule has 21 heavy (non-hydrogen) atoms. The van der Waals surface area contributed by atoms with Crippen molar-refractivity contribution in [3.63, 3.8) is 0 Å². The molecule has 0 aliphatic rings.